The first kappa shape index (κ1) is 42.9. The number of nitrogens with zero attached hydrogens (tertiary/aromatic N) is 4. The van der Waals surface area contributed by atoms with Crippen LogP contribution in [0.1, 0.15) is 0 Å². The third kappa shape index (κ3) is 7.65. The van der Waals surface area contributed by atoms with Crippen LogP contribution in [-0.2, 0) is 0 Å². The molecule has 14 aromatic rings. The Morgan fingerprint density at radius 3 is 0.811 bits per heavy atom. The molecule has 0 fully saturated rings. The SMILES string of the molecule is c1ccc(-c2cc(-c3ccc(-n4c5ccccc5c5cc(-c6ccc7c(c6)c6ccccc6n7-c6ccc(-c7cc(-c8ccccc8)nc(-c8ccccc8)c7)cc6)ccc54)cc3)cc(-c3ccccc3)n2)cc1. The van der Waals surface area contributed by atoms with Crippen LogP contribution in [0.15, 0.2) is 279 Å². The summed E-state index contributed by atoms with van der Waals surface area (Å²) in [7, 11) is 0. The Balaban J connectivity index is 0.814. The first-order valence-corrected chi connectivity index (χ1v) is 25.2. The highest BCUT2D eigenvalue weighted by Gasteiger charge is 2.18. The molecule has 0 bridgehead atoms. The van der Waals surface area contributed by atoms with E-state index in [1.54, 1.807) is 0 Å². The number of hydrogen-bond donors (Lipinski definition) is 0. The quantitative estimate of drug-likeness (QED) is 0.145. The minimum atomic E-state index is 0.956. The molecule has 10 aromatic carbocycles. The van der Waals surface area contributed by atoms with Gasteiger partial charge in [0.05, 0.1) is 44.8 Å². The summed E-state index contributed by atoms with van der Waals surface area (Å²) in [5.41, 5.74) is 22.0. The summed E-state index contributed by atoms with van der Waals surface area (Å²) in [4.78, 5) is 10.2. The van der Waals surface area contributed by atoms with Gasteiger partial charge in [-0.15, -0.1) is 0 Å². The summed E-state index contributed by atoms with van der Waals surface area (Å²) in [6.07, 6.45) is 0. The summed E-state index contributed by atoms with van der Waals surface area (Å²) in [5.74, 6) is 0. The van der Waals surface area contributed by atoms with E-state index in [0.29, 0.717) is 0 Å². The van der Waals surface area contributed by atoms with Crippen molar-refractivity contribution in [2.24, 2.45) is 0 Å². The molecule has 0 saturated heterocycles. The van der Waals surface area contributed by atoms with Crippen molar-refractivity contribution in [3.63, 3.8) is 0 Å². The van der Waals surface area contributed by atoms with Crippen LogP contribution >= 0.6 is 0 Å². The molecule has 0 aliphatic carbocycles. The van der Waals surface area contributed by atoms with E-state index < -0.39 is 0 Å². The van der Waals surface area contributed by atoms with Crippen LogP contribution < -0.4 is 0 Å². The van der Waals surface area contributed by atoms with Gasteiger partial charge < -0.3 is 9.13 Å². The van der Waals surface area contributed by atoms with Crippen molar-refractivity contribution in [1.82, 2.24) is 19.1 Å². The van der Waals surface area contributed by atoms with Gasteiger partial charge in [-0.3, -0.25) is 0 Å². The van der Waals surface area contributed by atoms with Crippen molar-refractivity contribution in [3.05, 3.63) is 279 Å². The van der Waals surface area contributed by atoms with Gasteiger partial charge in [-0.2, -0.15) is 0 Å². The van der Waals surface area contributed by atoms with Gasteiger partial charge in [0.1, 0.15) is 0 Å². The number of aromatic nitrogens is 4. The van der Waals surface area contributed by atoms with Crippen LogP contribution in [0.25, 0.3) is 133 Å². The van der Waals surface area contributed by atoms with Crippen LogP contribution in [0.5, 0.6) is 0 Å². The fourth-order valence-electron chi connectivity index (χ4n) is 10.9. The monoisotopic (exact) mass is 942 g/mol. The molecule has 0 N–H and O–H groups in total. The highest BCUT2D eigenvalue weighted by molar-refractivity contribution is 6.12. The molecule has 0 amide bonds. The maximum absolute atomic E-state index is 5.12. The zero-order valence-corrected chi connectivity index (χ0v) is 40.3. The van der Waals surface area contributed by atoms with Crippen LogP contribution in [0, 0.1) is 0 Å². The lowest BCUT2D eigenvalue weighted by molar-refractivity contribution is 1.18. The van der Waals surface area contributed by atoms with Gasteiger partial charge in [0, 0.05) is 55.2 Å². The molecule has 0 atom stereocenters. The number of fused-ring (bicyclic) bond motifs is 6. The van der Waals surface area contributed by atoms with E-state index in [4.69, 9.17) is 9.97 Å². The van der Waals surface area contributed by atoms with E-state index in [0.717, 1.165) is 78.7 Å². The maximum atomic E-state index is 5.12. The van der Waals surface area contributed by atoms with Crippen LogP contribution in [0.2, 0.25) is 0 Å². The summed E-state index contributed by atoms with van der Waals surface area (Å²) < 4.78 is 4.80. The molecule has 0 unspecified atom stereocenters. The molecule has 346 valence electrons. The lowest BCUT2D eigenvalue weighted by atomic mass is 9.99. The Labute approximate surface area is 429 Å². The number of hydrogen-bond acceptors (Lipinski definition) is 2. The van der Waals surface area contributed by atoms with E-state index >= 15 is 0 Å². The Kier molecular flexibility index (Phi) is 10.5. The van der Waals surface area contributed by atoms with Crippen molar-refractivity contribution in [1.29, 1.82) is 0 Å². The van der Waals surface area contributed by atoms with Crippen molar-refractivity contribution in [2.45, 2.75) is 0 Å². The van der Waals surface area contributed by atoms with Gasteiger partial charge in [-0.25, -0.2) is 9.97 Å². The molecule has 0 saturated carbocycles. The molecule has 0 aliphatic rings. The maximum Gasteiger partial charge on any atom is 0.0715 e. The molecule has 4 aromatic heterocycles. The minimum absolute atomic E-state index is 0.956. The van der Waals surface area contributed by atoms with E-state index in [1.165, 1.54) is 54.7 Å². The second kappa shape index (κ2) is 18.1. The molecule has 0 radical (unpaired) electrons. The number of benzene rings is 10. The Morgan fingerprint density at radius 1 is 0.189 bits per heavy atom. The highest BCUT2D eigenvalue weighted by atomic mass is 15.0. The van der Waals surface area contributed by atoms with Gasteiger partial charge in [-0.1, -0.05) is 194 Å². The molecule has 14 rings (SSSR count). The molecule has 4 nitrogen and oxygen atoms in total. The fraction of sp³-hybridized carbons (Fsp3) is 0. The standard InChI is InChI=1S/C70H46N4/c1-5-17-49(18-6-1)63-43-55(44-64(71-63)50-19-7-2-8-20-50)47-29-35-57(36-30-47)73-67-27-15-13-25-59(67)61-41-53(33-39-69(61)73)54-34-40-70-62(42-54)60-26-14-16-28-68(60)74(70)58-37-31-48(32-38-58)56-45-65(51-21-9-3-10-22-51)72-66(46-56)52-23-11-4-12-24-52/h1-46H. The summed E-state index contributed by atoms with van der Waals surface area (Å²) >= 11 is 0. The lowest BCUT2D eigenvalue weighted by Gasteiger charge is -2.12. The second-order valence-electron chi connectivity index (χ2n) is 19.0. The summed E-state index contributed by atoms with van der Waals surface area (Å²) in [6, 6.07) is 100. The van der Waals surface area contributed by atoms with E-state index in [1.807, 2.05) is 24.3 Å². The average molecular weight is 943 g/mol. The van der Waals surface area contributed by atoms with Crippen LogP contribution in [0.4, 0.5) is 0 Å². The van der Waals surface area contributed by atoms with Gasteiger partial charge in [0.15, 0.2) is 0 Å². The highest BCUT2D eigenvalue weighted by Crippen LogP contribution is 2.40. The zero-order chi connectivity index (χ0) is 49.0. The largest absolute Gasteiger partial charge is 0.309 e. The summed E-state index contributed by atoms with van der Waals surface area (Å²) in [6.45, 7) is 0. The molecule has 0 aliphatic heterocycles. The van der Waals surface area contributed by atoms with Crippen LogP contribution in [-0.4, -0.2) is 19.1 Å². The molecule has 74 heavy (non-hydrogen) atoms. The normalized spacial score (nSPS) is 11.5. The van der Waals surface area contributed by atoms with E-state index in [2.05, 4.69) is 264 Å². The number of pyridine rings is 2. The Hall–Kier alpha value is -9.90. The van der Waals surface area contributed by atoms with Crippen molar-refractivity contribution >= 4 is 43.6 Å². The molecule has 0 spiro atoms. The van der Waals surface area contributed by atoms with E-state index in [-0.39, 0.29) is 0 Å². The molecular formula is C70H46N4. The topological polar surface area (TPSA) is 35.6 Å². The van der Waals surface area contributed by atoms with Gasteiger partial charge in [0.25, 0.3) is 0 Å². The third-order valence-electron chi connectivity index (χ3n) is 14.5. The Morgan fingerprint density at radius 2 is 0.473 bits per heavy atom. The van der Waals surface area contributed by atoms with Crippen LogP contribution in [0.3, 0.4) is 0 Å². The van der Waals surface area contributed by atoms with Crippen molar-refractivity contribution in [3.8, 4) is 89.8 Å². The Bertz CT molecular complexity index is 3970. The number of rotatable bonds is 9. The predicted molar refractivity (Wildman–Crippen MR) is 309 cm³/mol. The van der Waals surface area contributed by atoms with Gasteiger partial charge in [-0.05, 0) is 118 Å². The second-order valence-corrected chi connectivity index (χ2v) is 19.0. The average Bonchev–Trinajstić information content (AvgIpc) is 4.02. The van der Waals surface area contributed by atoms with Crippen molar-refractivity contribution in [2.75, 3.05) is 0 Å². The fourth-order valence-corrected chi connectivity index (χ4v) is 10.9. The zero-order valence-electron chi connectivity index (χ0n) is 40.3. The first-order chi connectivity index (χ1) is 36.7. The third-order valence-corrected chi connectivity index (χ3v) is 14.5. The predicted octanol–water partition coefficient (Wildman–Crippen LogP) is 18.3. The van der Waals surface area contributed by atoms with Gasteiger partial charge >= 0.3 is 0 Å². The minimum Gasteiger partial charge on any atom is -0.309 e. The molecule has 4 heterocycles. The smallest absolute Gasteiger partial charge is 0.0715 e. The van der Waals surface area contributed by atoms with Gasteiger partial charge in [0.2, 0.25) is 0 Å². The first-order valence-electron chi connectivity index (χ1n) is 25.2. The summed E-state index contributed by atoms with van der Waals surface area (Å²) in [5, 5.41) is 4.89. The molecular weight excluding hydrogens is 897 g/mol. The van der Waals surface area contributed by atoms with E-state index in [9.17, 15) is 0 Å². The number of para-hydroxylation sites is 2. The molecule has 4 heteroatoms. The lowest BCUT2D eigenvalue weighted by Crippen LogP contribution is -1.95. The van der Waals surface area contributed by atoms with Crippen molar-refractivity contribution < 1.29 is 0 Å².